The van der Waals surface area contributed by atoms with E-state index in [1.165, 1.54) is 108 Å². The molecule has 0 radical (unpaired) electrons. The predicted molar refractivity (Wildman–Crippen MR) is 97.8 cm³/mol. The van der Waals surface area contributed by atoms with Crippen LogP contribution in [0.3, 0.4) is 0 Å². The molecule has 0 unspecified atom stereocenters. The highest BCUT2D eigenvalue weighted by atomic mass is 79.9. The van der Waals surface area contributed by atoms with Crippen LogP contribution in [0.2, 0.25) is 0 Å². The summed E-state index contributed by atoms with van der Waals surface area (Å²) in [7, 11) is 0. The standard InChI is InChI=1S/C20H44N.BrH/c1-5-9-10-11-12-13-14-15-16-20-21(17-6-2,18-7-3)19-8-4;/h5-20H2,1-4H3;1H/q+1;/p-1. The molecule has 0 heterocycles. The maximum absolute atomic E-state index is 2.36. The molecule has 0 aromatic rings. The SMILES string of the molecule is CCCCCCCCCCC[N+](CCC)(CCC)CCC.[Br-]. The van der Waals surface area contributed by atoms with Gasteiger partial charge in [-0.1, -0.05) is 72.6 Å². The van der Waals surface area contributed by atoms with Crippen LogP contribution in [0.4, 0.5) is 0 Å². The Kier molecular flexibility index (Phi) is 20.0. The zero-order chi connectivity index (χ0) is 15.8. The van der Waals surface area contributed by atoms with Crippen LogP contribution in [0, 0.1) is 0 Å². The number of rotatable bonds is 16. The summed E-state index contributed by atoms with van der Waals surface area (Å²) in [5, 5.41) is 0. The fourth-order valence-corrected chi connectivity index (χ4v) is 3.85. The quantitative estimate of drug-likeness (QED) is 0.285. The molecule has 0 aliphatic rings. The van der Waals surface area contributed by atoms with Crippen molar-refractivity contribution in [2.24, 2.45) is 0 Å². The molecule has 22 heavy (non-hydrogen) atoms. The van der Waals surface area contributed by atoms with Gasteiger partial charge in [-0.05, 0) is 32.1 Å². The van der Waals surface area contributed by atoms with E-state index < -0.39 is 0 Å². The van der Waals surface area contributed by atoms with Crippen LogP contribution in [0.25, 0.3) is 0 Å². The van der Waals surface area contributed by atoms with Crippen LogP contribution in [-0.2, 0) is 0 Å². The first-order valence-corrected chi connectivity index (χ1v) is 10.1. The highest BCUT2D eigenvalue weighted by Crippen LogP contribution is 2.16. The van der Waals surface area contributed by atoms with Gasteiger partial charge in [0.2, 0.25) is 0 Å². The van der Waals surface area contributed by atoms with E-state index in [4.69, 9.17) is 0 Å². The summed E-state index contributed by atoms with van der Waals surface area (Å²) < 4.78 is 1.40. The maximum atomic E-state index is 2.36. The van der Waals surface area contributed by atoms with Crippen molar-refractivity contribution in [3.8, 4) is 0 Å². The van der Waals surface area contributed by atoms with Gasteiger partial charge >= 0.3 is 0 Å². The lowest BCUT2D eigenvalue weighted by atomic mass is 10.1. The van der Waals surface area contributed by atoms with E-state index in [9.17, 15) is 0 Å². The molecule has 0 rings (SSSR count). The number of quaternary nitrogens is 1. The summed E-state index contributed by atoms with van der Waals surface area (Å²) in [6.45, 7) is 15.0. The van der Waals surface area contributed by atoms with Gasteiger partial charge < -0.3 is 21.5 Å². The van der Waals surface area contributed by atoms with Crippen LogP contribution in [0.15, 0.2) is 0 Å². The van der Waals surface area contributed by atoms with Crippen molar-refractivity contribution in [1.82, 2.24) is 0 Å². The summed E-state index contributed by atoms with van der Waals surface area (Å²) in [5.74, 6) is 0. The average Bonchev–Trinajstić information content (AvgIpc) is 2.46. The summed E-state index contributed by atoms with van der Waals surface area (Å²) in [5.41, 5.74) is 0. The Hall–Kier alpha value is 0.440. The van der Waals surface area contributed by atoms with Gasteiger partial charge in [-0.25, -0.2) is 0 Å². The van der Waals surface area contributed by atoms with E-state index in [1.807, 2.05) is 0 Å². The van der Waals surface area contributed by atoms with Crippen molar-refractivity contribution in [3.63, 3.8) is 0 Å². The molecule has 0 aliphatic heterocycles. The topological polar surface area (TPSA) is 0 Å². The molecular formula is C20H44BrN. The average molecular weight is 378 g/mol. The van der Waals surface area contributed by atoms with E-state index >= 15 is 0 Å². The maximum Gasteiger partial charge on any atom is 0.0786 e. The third-order valence-corrected chi connectivity index (χ3v) is 4.83. The minimum atomic E-state index is 0. The van der Waals surface area contributed by atoms with Crippen molar-refractivity contribution >= 4 is 0 Å². The molecule has 0 bridgehead atoms. The molecule has 0 amide bonds. The lowest BCUT2D eigenvalue weighted by molar-refractivity contribution is -0.928. The normalized spacial score (nSPS) is 11.5. The van der Waals surface area contributed by atoms with Crippen LogP contribution >= 0.6 is 0 Å². The molecule has 0 saturated heterocycles. The Labute approximate surface area is 152 Å². The van der Waals surface area contributed by atoms with Gasteiger partial charge in [0.05, 0.1) is 26.2 Å². The van der Waals surface area contributed by atoms with Crippen molar-refractivity contribution in [1.29, 1.82) is 0 Å². The van der Waals surface area contributed by atoms with E-state index in [1.54, 1.807) is 0 Å². The zero-order valence-corrected chi connectivity index (χ0v) is 17.7. The molecule has 0 aromatic carbocycles. The molecule has 0 N–H and O–H groups in total. The number of nitrogens with zero attached hydrogens (tertiary/aromatic N) is 1. The molecule has 0 atom stereocenters. The minimum absolute atomic E-state index is 0. The number of hydrogen-bond donors (Lipinski definition) is 0. The van der Waals surface area contributed by atoms with Crippen LogP contribution < -0.4 is 17.0 Å². The molecule has 136 valence electrons. The lowest BCUT2D eigenvalue weighted by Gasteiger charge is -2.38. The Morgan fingerprint density at radius 3 is 1.14 bits per heavy atom. The largest absolute Gasteiger partial charge is 1.00 e. The van der Waals surface area contributed by atoms with Crippen molar-refractivity contribution in [3.05, 3.63) is 0 Å². The number of hydrogen-bond acceptors (Lipinski definition) is 0. The van der Waals surface area contributed by atoms with E-state index in [0.29, 0.717) is 0 Å². The molecule has 0 aromatic heterocycles. The van der Waals surface area contributed by atoms with E-state index in [2.05, 4.69) is 27.7 Å². The van der Waals surface area contributed by atoms with Crippen LogP contribution in [0.5, 0.6) is 0 Å². The first kappa shape index (κ1) is 24.7. The van der Waals surface area contributed by atoms with Gasteiger partial charge in [0.15, 0.2) is 0 Å². The lowest BCUT2D eigenvalue weighted by Crippen LogP contribution is -3.00. The Morgan fingerprint density at radius 1 is 0.409 bits per heavy atom. The van der Waals surface area contributed by atoms with Crippen molar-refractivity contribution in [2.45, 2.75) is 105 Å². The Bertz CT molecular complexity index is 189. The molecular weight excluding hydrogens is 334 g/mol. The third kappa shape index (κ3) is 12.9. The molecule has 0 spiro atoms. The van der Waals surface area contributed by atoms with Gasteiger partial charge in [-0.15, -0.1) is 0 Å². The van der Waals surface area contributed by atoms with Crippen LogP contribution in [-0.4, -0.2) is 30.7 Å². The first-order chi connectivity index (χ1) is 10.2. The molecule has 0 saturated carbocycles. The number of halogens is 1. The van der Waals surface area contributed by atoms with Gasteiger partial charge in [-0.3, -0.25) is 0 Å². The van der Waals surface area contributed by atoms with Crippen molar-refractivity contribution in [2.75, 3.05) is 26.2 Å². The van der Waals surface area contributed by atoms with Crippen LogP contribution in [0.1, 0.15) is 105 Å². The second-order valence-electron chi connectivity index (χ2n) is 7.06. The summed E-state index contributed by atoms with van der Waals surface area (Å²) in [6.07, 6.45) is 17.1. The Balaban J connectivity index is 0. The molecule has 2 heteroatoms. The summed E-state index contributed by atoms with van der Waals surface area (Å²) in [4.78, 5) is 0. The second kappa shape index (κ2) is 17.8. The van der Waals surface area contributed by atoms with Gasteiger partial charge in [0.25, 0.3) is 0 Å². The number of unbranched alkanes of at least 4 members (excludes halogenated alkanes) is 8. The van der Waals surface area contributed by atoms with E-state index in [0.717, 1.165) is 0 Å². The highest BCUT2D eigenvalue weighted by Gasteiger charge is 2.23. The summed E-state index contributed by atoms with van der Waals surface area (Å²) in [6, 6.07) is 0. The van der Waals surface area contributed by atoms with Gasteiger partial charge in [0, 0.05) is 0 Å². The fourth-order valence-electron chi connectivity index (χ4n) is 3.85. The minimum Gasteiger partial charge on any atom is -1.00 e. The fraction of sp³-hybridized carbons (Fsp3) is 1.00. The second-order valence-corrected chi connectivity index (χ2v) is 7.06. The first-order valence-electron chi connectivity index (χ1n) is 10.1. The molecule has 1 nitrogen and oxygen atoms in total. The monoisotopic (exact) mass is 377 g/mol. The third-order valence-electron chi connectivity index (χ3n) is 4.83. The van der Waals surface area contributed by atoms with Gasteiger partial charge in [-0.2, -0.15) is 0 Å². The van der Waals surface area contributed by atoms with Crippen molar-refractivity contribution < 1.29 is 21.5 Å². The smallest absolute Gasteiger partial charge is 0.0786 e. The Morgan fingerprint density at radius 2 is 0.773 bits per heavy atom. The summed E-state index contributed by atoms with van der Waals surface area (Å²) >= 11 is 0. The predicted octanol–water partition coefficient (Wildman–Crippen LogP) is 3.57. The highest BCUT2D eigenvalue weighted by molar-refractivity contribution is 4.50. The van der Waals surface area contributed by atoms with Gasteiger partial charge in [0.1, 0.15) is 0 Å². The van der Waals surface area contributed by atoms with E-state index in [-0.39, 0.29) is 17.0 Å². The molecule has 0 fully saturated rings. The molecule has 0 aliphatic carbocycles. The zero-order valence-electron chi connectivity index (χ0n) is 16.1.